The molecular weight excluding hydrogens is 176 g/mol. The Morgan fingerprint density at radius 2 is 2.07 bits per heavy atom. The molecule has 1 heterocycles. The third kappa shape index (κ3) is 4.43. The van der Waals surface area contributed by atoms with Gasteiger partial charge in [0.15, 0.2) is 0 Å². The van der Waals surface area contributed by atoms with E-state index < -0.39 is 0 Å². The van der Waals surface area contributed by atoms with Gasteiger partial charge in [0.2, 0.25) is 0 Å². The predicted molar refractivity (Wildman–Crippen MR) is 58.3 cm³/mol. The van der Waals surface area contributed by atoms with Gasteiger partial charge >= 0.3 is 0 Å². The van der Waals surface area contributed by atoms with E-state index in [-0.39, 0.29) is 12.2 Å². The number of aliphatic hydroxyl groups is 1. The van der Waals surface area contributed by atoms with Crippen molar-refractivity contribution in [2.45, 2.75) is 65.1 Å². The van der Waals surface area contributed by atoms with Crippen LogP contribution >= 0.6 is 0 Å². The molecule has 0 bridgehead atoms. The first kappa shape index (κ1) is 12.0. The minimum absolute atomic E-state index is 0.103. The highest BCUT2D eigenvalue weighted by atomic mass is 16.5. The molecule has 0 radical (unpaired) electrons. The van der Waals surface area contributed by atoms with Crippen molar-refractivity contribution in [3.05, 3.63) is 0 Å². The first-order chi connectivity index (χ1) is 6.49. The summed E-state index contributed by atoms with van der Waals surface area (Å²) in [5.41, 5.74) is 0.315. The highest BCUT2D eigenvalue weighted by Crippen LogP contribution is 2.25. The van der Waals surface area contributed by atoms with Crippen LogP contribution in [-0.4, -0.2) is 23.9 Å². The molecule has 0 aromatic heterocycles. The van der Waals surface area contributed by atoms with Crippen LogP contribution in [0.25, 0.3) is 0 Å². The van der Waals surface area contributed by atoms with Crippen molar-refractivity contribution >= 4 is 0 Å². The molecule has 1 rings (SSSR count). The highest BCUT2D eigenvalue weighted by molar-refractivity contribution is 4.74. The zero-order chi connectivity index (χ0) is 10.6. The molecule has 0 aromatic carbocycles. The van der Waals surface area contributed by atoms with Gasteiger partial charge in [-0.15, -0.1) is 0 Å². The quantitative estimate of drug-likeness (QED) is 0.759. The molecule has 84 valence electrons. The molecule has 1 fully saturated rings. The average molecular weight is 200 g/mol. The van der Waals surface area contributed by atoms with Crippen LogP contribution in [0.1, 0.15) is 52.9 Å². The Bertz CT molecular complexity index is 154. The molecule has 0 amide bonds. The molecule has 0 spiro atoms. The molecular formula is C12H24O2. The van der Waals surface area contributed by atoms with Gasteiger partial charge in [0.25, 0.3) is 0 Å². The summed E-state index contributed by atoms with van der Waals surface area (Å²) < 4.78 is 5.55. The molecule has 2 nitrogen and oxygen atoms in total. The third-order valence-corrected chi connectivity index (χ3v) is 2.83. The van der Waals surface area contributed by atoms with Gasteiger partial charge in [-0.3, -0.25) is 0 Å². The minimum atomic E-state index is -0.255. The Hall–Kier alpha value is -0.0800. The second-order valence-electron chi connectivity index (χ2n) is 5.57. The summed E-state index contributed by atoms with van der Waals surface area (Å²) in [4.78, 5) is 0. The van der Waals surface area contributed by atoms with Gasteiger partial charge in [0, 0.05) is 6.61 Å². The van der Waals surface area contributed by atoms with Crippen molar-refractivity contribution in [1.82, 2.24) is 0 Å². The lowest BCUT2D eigenvalue weighted by atomic mass is 9.87. The van der Waals surface area contributed by atoms with Crippen LogP contribution in [0.2, 0.25) is 0 Å². The summed E-state index contributed by atoms with van der Waals surface area (Å²) in [7, 11) is 0. The Kier molecular flexibility index (Phi) is 4.39. The van der Waals surface area contributed by atoms with Crippen LogP contribution in [0.5, 0.6) is 0 Å². The Labute approximate surface area is 87.7 Å². The second kappa shape index (κ2) is 5.13. The number of rotatable bonds is 3. The molecule has 14 heavy (non-hydrogen) atoms. The van der Waals surface area contributed by atoms with Crippen LogP contribution < -0.4 is 0 Å². The summed E-state index contributed by atoms with van der Waals surface area (Å²) in [6, 6.07) is 0. The monoisotopic (exact) mass is 200 g/mol. The lowest BCUT2D eigenvalue weighted by Gasteiger charge is -2.29. The summed E-state index contributed by atoms with van der Waals surface area (Å²) in [6.07, 6.45) is 5.17. The maximum absolute atomic E-state index is 9.91. The van der Waals surface area contributed by atoms with Crippen molar-refractivity contribution in [2.24, 2.45) is 5.41 Å². The van der Waals surface area contributed by atoms with Gasteiger partial charge < -0.3 is 9.84 Å². The summed E-state index contributed by atoms with van der Waals surface area (Å²) in [5.74, 6) is 0. The maximum Gasteiger partial charge on any atom is 0.0833 e. The zero-order valence-electron chi connectivity index (χ0n) is 9.75. The van der Waals surface area contributed by atoms with Gasteiger partial charge in [-0.2, -0.15) is 0 Å². The van der Waals surface area contributed by atoms with Gasteiger partial charge in [0.1, 0.15) is 0 Å². The lowest BCUT2D eigenvalue weighted by molar-refractivity contribution is -0.0669. The molecule has 1 aliphatic heterocycles. The summed E-state index contributed by atoms with van der Waals surface area (Å²) >= 11 is 0. The lowest BCUT2D eigenvalue weighted by Crippen LogP contribution is -2.32. The van der Waals surface area contributed by atoms with Crippen molar-refractivity contribution < 1.29 is 9.84 Å². The van der Waals surface area contributed by atoms with E-state index in [4.69, 9.17) is 4.74 Å². The Balaban J connectivity index is 2.23. The largest absolute Gasteiger partial charge is 0.390 e. The molecule has 2 heteroatoms. The van der Waals surface area contributed by atoms with Crippen LogP contribution in [0, 0.1) is 5.41 Å². The van der Waals surface area contributed by atoms with Crippen molar-refractivity contribution in [2.75, 3.05) is 6.61 Å². The molecule has 0 aromatic rings. The van der Waals surface area contributed by atoms with E-state index in [1.165, 1.54) is 6.42 Å². The van der Waals surface area contributed by atoms with Crippen LogP contribution in [0.3, 0.4) is 0 Å². The van der Waals surface area contributed by atoms with Crippen LogP contribution in [0.15, 0.2) is 0 Å². The van der Waals surface area contributed by atoms with Gasteiger partial charge in [-0.05, 0) is 37.5 Å². The predicted octanol–water partition coefficient (Wildman–Crippen LogP) is 2.74. The number of aliphatic hydroxyl groups excluding tert-OH is 1. The summed E-state index contributed by atoms with van der Waals surface area (Å²) in [6.45, 7) is 7.46. The van der Waals surface area contributed by atoms with E-state index in [2.05, 4.69) is 20.8 Å². The molecule has 1 saturated heterocycles. The maximum atomic E-state index is 9.91. The fourth-order valence-corrected chi connectivity index (χ4v) is 1.84. The Morgan fingerprint density at radius 1 is 1.36 bits per heavy atom. The van der Waals surface area contributed by atoms with Gasteiger partial charge in [-0.25, -0.2) is 0 Å². The van der Waals surface area contributed by atoms with E-state index in [1.54, 1.807) is 0 Å². The number of hydrogen-bond acceptors (Lipinski definition) is 2. The number of ether oxygens (including phenoxy) is 1. The average Bonchev–Trinajstić information content (AvgIpc) is 2.14. The van der Waals surface area contributed by atoms with E-state index in [0.29, 0.717) is 5.41 Å². The molecule has 0 saturated carbocycles. The molecule has 1 aliphatic rings. The van der Waals surface area contributed by atoms with E-state index in [0.717, 1.165) is 32.3 Å². The smallest absolute Gasteiger partial charge is 0.0833 e. The van der Waals surface area contributed by atoms with Crippen LogP contribution in [0.4, 0.5) is 0 Å². The van der Waals surface area contributed by atoms with E-state index in [9.17, 15) is 5.11 Å². The molecule has 0 aliphatic carbocycles. The number of hydrogen-bond donors (Lipinski definition) is 1. The van der Waals surface area contributed by atoms with Crippen molar-refractivity contribution in [3.63, 3.8) is 0 Å². The zero-order valence-corrected chi connectivity index (χ0v) is 9.75. The summed E-state index contributed by atoms with van der Waals surface area (Å²) in [5, 5.41) is 9.91. The topological polar surface area (TPSA) is 29.5 Å². The SMILES string of the molecule is CC(C)(C)CCC(O)C1CCCCO1. The Morgan fingerprint density at radius 3 is 2.57 bits per heavy atom. The van der Waals surface area contributed by atoms with E-state index >= 15 is 0 Å². The fraction of sp³-hybridized carbons (Fsp3) is 1.00. The molecule has 1 N–H and O–H groups in total. The fourth-order valence-electron chi connectivity index (χ4n) is 1.84. The van der Waals surface area contributed by atoms with Crippen LogP contribution in [-0.2, 0) is 4.74 Å². The normalized spacial score (nSPS) is 26.1. The minimum Gasteiger partial charge on any atom is -0.390 e. The molecule has 2 atom stereocenters. The first-order valence-electron chi connectivity index (χ1n) is 5.79. The van der Waals surface area contributed by atoms with Gasteiger partial charge in [-0.1, -0.05) is 20.8 Å². The standard InChI is InChI=1S/C12H24O2/c1-12(2,3)8-7-10(13)11-6-4-5-9-14-11/h10-11,13H,4-9H2,1-3H3. The first-order valence-corrected chi connectivity index (χ1v) is 5.79. The van der Waals surface area contributed by atoms with Gasteiger partial charge in [0.05, 0.1) is 12.2 Å². The third-order valence-electron chi connectivity index (χ3n) is 2.83. The highest BCUT2D eigenvalue weighted by Gasteiger charge is 2.23. The molecule has 2 unspecified atom stereocenters. The van der Waals surface area contributed by atoms with Crippen molar-refractivity contribution in [1.29, 1.82) is 0 Å². The van der Waals surface area contributed by atoms with E-state index in [1.807, 2.05) is 0 Å². The second-order valence-corrected chi connectivity index (χ2v) is 5.57. The van der Waals surface area contributed by atoms with Crippen molar-refractivity contribution in [3.8, 4) is 0 Å².